The maximum Gasteiger partial charge on any atom is 0.337 e. The summed E-state index contributed by atoms with van der Waals surface area (Å²) in [6.45, 7) is 3.91. The number of allylic oxidation sites excluding steroid dienone is 2. The van der Waals surface area contributed by atoms with Crippen LogP contribution in [0.1, 0.15) is 33.7 Å². The van der Waals surface area contributed by atoms with Crippen molar-refractivity contribution in [2.75, 3.05) is 7.11 Å². The summed E-state index contributed by atoms with van der Waals surface area (Å²) in [5.74, 6) is 0.306. The van der Waals surface area contributed by atoms with E-state index in [1.165, 1.54) is 7.11 Å². The molecular formula is C26H25N3O4. The number of amides is 2. The summed E-state index contributed by atoms with van der Waals surface area (Å²) in [6, 6.07) is 9.17. The van der Waals surface area contributed by atoms with Gasteiger partial charge in [0, 0.05) is 22.6 Å². The number of aryl methyl sites for hydroxylation is 1. The van der Waals surface area contributed by atoms with Crippen LogP contribution in [0, 0.1) is 49.4 Å². The van der Waals surface area contributed by atoms with Crippen LogP contribution in [-0.4, -0.2) is 40.7 Å². The molecule has 7 heteroatoms. The van der Waals surface area contributed by atoms with Gasteiger partial charge in [0.05, 0.1) is 30.7 Å². The zero-order chi connectivity index (χ0) is 23.0. The highest BCUT2D eigenvalue weighted by atomic mass is 16.5. The minimum Gasteiger partial charge on any atom is -0.465 e. The number of carbonyl (C=O) groups excluding carboxylic acids is 3. The fourth-order valence-corrected chi connectivity index (χ4v) is 6.38. The van der Waals surface area contributed by atoms with E-state index in [1.807, 2.05) is 36.6 Å². The van der Waals surface area contributed by atoms with Crippen LogP contribution in [0.25, 0.3) is 5.69 Å². The molecule has 0 N–H and O–H groups in total. The molecule has 0 radical (unpaired) electrons. The second-order valence-electron chi connectivity index (χ2n) is 9.59. The van der Waals surface area contributed by atoms with Crippen molar-refractivity contribution in [3.63, 3.8) is 0 Å². The van der Waals surface area contributed by atoms with Crippen LogP contribution in [0.4, 0.5) is 0 Å². The first kappa shape index (κ1) is 20.1. The first-order valence-corrected chi connectivity index (χ1v) is 11.4. The Balaban J connectivity index is 1.29. The molecule has 168 valence electrons. The number of imide groups is 1. The highest BCUT2D eigenvalue weighted by Crippen LogP contribution is 2.65. The van der Waals surface area contributed by atoms with Gasteiger partial charge in [-0.1, -0.05) is 18.2 Å². The predicted molar refractivity (Wildman–Crippen MR) is 121 cm³/mol. The van der Waals surface area contributed by atoms with Crippen LogP contribution >= 0.6 is 0 Å². The van der Waals surface area contributed by atoms with E-state index in [-0.39, 0.29) is 35.5 Å². The molecule has 2 saturated carbocycles. The molecule has 2 amide bonds. The second kappa shape index (κ2) is 7.01. The molecular weight excluding hydrogens is 418 g/mol. The van der Waals surface area contributed by atoms with Crippen LogP contribution in [0.15, 0.2) is 47.6 Å². The van der Waals surface area contributed by atoms with Crippen molar-refractivity contribution in [2.45, 2.75) is 20.3 Å². The topological polar surface area (TPSA) is 81.0 Å². The third-order valence-corrected chi connectivity index (χ3v) is 7.95. The summed E-state index contributed by atoms with van der Waals surface area (Å²) in [5, 5.41) is 5.49. The minimum absolute atomic E-state index is 0.162. The van der Waals surface area contributed by atoms with Gasteiger partial charge >= 0.3 is 5.97 Å². The molecule has 4 aliphatic carbocycles. The van der Waals surface area contributed by atoms with Crippen LogP contribution in [-0.2, 0) is 14.3 Å². The van der Waals surface area contributed by atoms with E-state index >= 15 is 0 Å². The first-order valence-electron chi connectivity index (χ1n) is 11.4. The van der Waals surface area contributed by atoms with Crippen LogP contribution in [0.2, 0.25) is 0 Å². The maximum absolute atomic E-state index is 13.1. The number of hydrazone groups is 1. The quantitative estimate of drug-likeness (QED) is 0.314. The molecule has 33 heavy (non-hydrogen) atoms. The normalized spacial score (nSPS) is 31.3. The summed E-state index contributed by atoms with van der Waals surface area (Å²) in [5.41, 5.74) is 3.96. The molecule has 1 saturated heterocycles. The SMILES string of the molecule is COC(=O)c1cccc(-n2c(C)cc(/C=N\N3C(=O)[C@@H]4[C@H]5C=C[C@@H]([C@@H]6C[C@H]56)[C@H]4C3=O)c2C)c1. The van der Waals surface area contributed by atoms with E-state index in [0.29, 0.717) is 17.4 Å². The van der Waals surface area contributed by atoms with Gasteiger partial charge < -0.3 is 9.30 Å². The molecule has 1 aliphatic heterocycles. The van der Waals surface area contributed by atoms with Crippen molar-refractivity contribution in [3.05, 3.63) is 65.0 Å². The highest BCUT2D eigenvalue weighted by molar-refractivity contribution is 6.06. The zero-order valence-corrected chi connectivity index (χ0v) is 18.8. The Morgan fingerprint density at radius 3 is 2.36 bits per heavy atom. The van der Waals surface area contributed by atoms with Crippen molar-refractivity contribution in [1.29, 1.82) is 0 Å². The van der Waals surface area contributed by atoms with Crippen molar-refractivity contribution in [3.8, 4) is 5.69 Å². The van der Waals surface area contributed by atoms with E-state index in [4.69, 9.17) is 4.74 Å². The standard InChI is InChI=1S/C26H25N3O4/c1-13-9-16(14(2)28(13)17-6-4-5-15(10-17)26(32)33-3)12-27-29-24(30)22-18-7-8-19(21-11-20(18)21)23(22)25(29)31/h4-10,12,18-23H,11H2,1-3H3/b27-12-/t18-,19-,20-,21+,22+,23+/m0/s1. The Labute approximate surface area is 191 Å². The van der Waals surface area contributed by atoms with Gasteiger partial charge in [-0.3, -0.25) is 9.59 Å². The highest BCUT2D eigenvalue weighted by Gasteiger charge is 2.67. The molecule has 1 aromatic carbocycles. The fourth-order valence-electron chi connectivity index (χ4n) is 6.38. The number of hydrogen-bond donors (Lipinski definition) is 0. The minimum atomic E-state index is -0.394. The van der Waals surface area contributed by atoms with Gasteiger partial charge in [0.15, 0.2) is 0 Å². The Kier molecular flexibility index (Phi) is 4.28. The second-order valence-corrected chi connectivity index (χ2v) is 9.59. The van der Waals surface area contributed by atoms with Gasteiger partial charge in [-0.2, -0.15) is 10.1 Å². The molecule has 2 heterocycles. The number of benzene rings is 1. The number of hydrogen-bond acceptors (Lipinski definition) is 5. The van der Waals surface area contributed by atoms with E-state index in [1.54, 1.807) is 18.3 Å². The lowest BCUT2D eigenvalue weighted by atomic mass is 9.63. The predicted octanol–water partition coefficient (Wildman–Crippen LogP) is 3.27. The number of carbonyl (C=O) groups is 3. The molecule has 2 aromatic rings. The van der Waals surface area contributed by atoms with Gasteiger partial charge in [-0.15, -0.1) is 0 Å². The summed E-state index contributed by atoms with van der Waals surface area (Å²) in [6.07, 6.45) is 7.07. The molecule has 3 fully saturated rings. The van der Waals surface area contributed by atoms with Crippen molar-refractivity contribution in [1.82, 2.24) is 9.58 Å². The lowest BCUT2D eigenvalue weighted by Crippen LogP contribution is -2.40. The van der Waals surface area contributed by atoms with Gasteiger partial charge in [0.2, 0.25) is 0 Å². The lowest BCUT2D eigenvalue weighted by molar-refractivity contribution is -0.140. The molecule has 0 unspecified atom stereocenters. The summed E-state index contributed by atoms with van der Waals surface area (Å²) < 4.78 is 6.85. The van der Waals surface area contributed by atoms with E-state index in [9.17, 15) is 14.4 Å². The lowest BCUT2D eigenvalue weighted by Gasteiger charge is -2.37. The number of ether oxygens (including phenoxy) is 1. The molecule has 5 aliphatic rings. The molecule has 7 rings (SSSR count). The summed E-state index contributed by atoms with van der Waals surface area (Å²) >= 11 is 0. The largest absolute Gasteiger partial charge is 0.465 e. The Bertz CT molecular complexity index is 1240. The van der Waals surface area contributed by atoms with Crippen molar-refractivity contribution >= 4 is 24.0 Å². The van der Waals surface area contributed by atoms with Gasteiger partial charge in [-0.25, -0.2) is 4.79 Å². The Morgan fingerprint density at radius 2 is 1.73 bits per heavy atom. The fraction of sp³-hybridized carbons (Fsp3) is 0.385. The zero-order valence-electron chi connectivity index (χ0n) is 18.8. The van der Waals surface area contributed by atoms with E-state index < -0.39 is 5.97 Å². The third-order valence-electron chi connectivity index (χ3n) is 7.95. The number of aromatic nitrogens is 1. The van der Waals surface area contributed by atoms with E-state index in [2.05, 4.69) is 17.3 Å². The number of rotatable bonds is 4. The van der Waals surface area contributed by atoms with Gasteiger partial charge in [-0.05, 0) is 68.2 Å². The van der Waals surface area contributed by atoms with Crippen LogP contribution in [0.5, 0.6) is 0 Å². The average Bonchev–Trinajstić information content (AvgIpc) is 3.55. The van der Waals surface area contributed by atoms with Gasteiger partial charge in [0.1, 0.15) is 0 Å². The smallest absolute Gasteiger partial charge is 0.337 e. The summed E-state index contributed by atoms with van der Waals surface area (Å²) in [4.78, 5) is 38.2. The number of esters is 1. The molecule has 7 nitrogen and oxygen atoms in total. The Morgan fingerprint density at radius 1 is 1.06 bits per heavy atom. The summed E-state index contributed by atoms with van der Waals surface area (Å²) in [7, 11) is 1.36. The molecule has 2 bridgehead atoms. The van der Waals surface area contributed by atoms with Gasteiger partial charge in [0.25, 0.3) is 11.8 Å². The van der Waals surface area contributed by atoms with Crippen molar-refractivity contribution in [2.24, 2.45) is 40.6 Å². The monoisotopic (exact) mass is 443 g/mol. The van der Waals surface area contributed by atoms with Crippen LogP contribution < -0.4 is 0 Å². The maximum atomic E-state index is 13.1. The Hall–Kier alpha value is -3.48. The molecule has 1 aromatic heterocycles. The van der Waals surface area contributed by atoms with E-state index in [0.717, 1.165) is 34.1 Å². The number of methoxy groups -OCH3 is 1. The van der Waals surface area contributed by atoms with Crippen molar-refractivity contribution < 1.29 is 19.1 Å². The third kappa shape index (κ3) is 2.81. The number of nitrogens with zero attached hydrogens (tertiary/aromatic N) is 3. The average molecular weight is 444 g/mol. The first-order chi connectivity index (χ1) is 15.9. The molecule has 0 spiro atoms. The molecule has 6 atom stereocenters. The van der Waals surface area contributed by atoms with Crippen LogP contribution in [0.3, 0.4) is 0 Å².